The fourth-order valence-electron chi connectivity index (χ4n) is 3.83. The van der Waals surface area contributed by atoms with E-state index in [1.165, 1.54) is 77.5 Å². The van der Waals surface area contributed by atoms with Crippen molar-refractivity contribution in [3.63, 3.8) is 0 Å². The number of nitrogens with one attached hydrogen (secondary N) is 1. The topological polar surface area (TPSA) is 18.5 Å². The summed E-state index contributed by atoms with van der Waals surface area (Å²) in [6, 6.07) is 2.55. The first kappa shape index (κ1) is 13.8. The number of piperidine rings is 1. The summed E-state index contributed by atoms with van der Waals surface area (Å²) in [5.41, 5.74) is 0. The van der Waals surface area contributed by atoms with Crippen molar-refractivity contribution in [2.45, 2.75) is 69.5 Å². The molecule has 2 heterocycles. The molecule has 3 nitrogen and oxygen atoms in total. The molecule has 1 aliphatic carbocycles. The smallest absolute Gasteiger partial charge is 0.0221 e. The van der Waals surface area contributed by atoms with Gasteiger partial charge < -0.3 is 10.2 Å². The van der Waals surface area contributed by atoms with Crippen molar-refractivity contribution in [1.29, 1.82) is 0 Å². The van der Waals surface area contributed by atoms with Crippen LogP contribution in [-0.4, -0.2) is 61.2 Å². The third-order valence-corrected chi connectivity index (χ3v) is 5.39. The van der Waals surface area contributed by atoms with E-state index in [9.17, 15) is 0 Å². The summed E-state index contributed by atoms with van der Waals surface area (Å²) >= 11 is 0. The second kappa shape index (κ2) is 6.55. The minimum absolute atomic E-state index is 0.828. The predicted molar refractivity (Wildman–Crippen MR) is 80.5 cm³/mol. The quantitative estimate of drug-likeness (QED) is 0.793. The van der Waals surface area contributed by atoms with Gasteiger partial charge in [0.1, 0.15) is 0 Å². The highest BCUT2D eigenvalue weighted by Gasteiger charge is 2.28. The Morgan fingerprint density at radius 2 is 1.79 bits per heavy atom. The van der Waals surface area contributed by atoms with Crippen LogP contribution < -0.4 is 5.32 Å². The summed E-state index contributed by atoms with van der Waals surface area (Å²) in [6.07, 6.45) is 11.3. The van der Waals surface area contributed by atoms with E-state index < -0.39 is 0 Å². The van der Waals surface area contributed by atoms with Crippen LogP contribution in [0, 0.1) is 0 Å². The van der Waals surface area contributed by atoms with Gasteiger partial charge in [-0.3, -0.25) is 4.90 Å². The number of rotatable bonds is 6. The molecular formula is C16H31N3. The van der Waals surface area contributed by atoms with Gasteiger partial charge in [0.2, 0.25) is 0 Å². The number of likely N-dealkylation sites (tertiary alicyclic amines) is 2. The molecule has 110 valence electrons. The lowest BCUT2D eigenvalue weighted by atomic mass is 10.00. The molecule has 0 amide bonds. The molecule has 2 atom stereocenters. The molecule has 0 aromatic carbocycles. The lowest BCUT2D eigenvalue weighted by Crippen LogP contribution is -2.42. The van der Waals surface area contributed by atoms with E-state index in [4.69, 9.17) is 0 Å². The van der Waals surface area contributed by atoms with Crippen LogP contribution in [-0.2, 0) is 0 Å². The van der Waals surface area contributed by atoms with Crippen LogP contribution in [0.25, 0.3) is 0 Å². The third-order valence-electron chi connectivity index (χ3n) is 5.39. The number of hydrogen-bond acceptors (Lipinski definition) is 3. The number of nitrogens with zero attached hydrogens (tertiary/aromatic N) is 2. The molecule has 0 aromatic heterocycles. The molecular weight excluding hydrogens is 234 g/mol. The van der Waals surface area contributed by atoms with E-state index in [1.54, 1.807) is 0 Å². The van der Waals surface area contributed by atoms with Crippen LogP contribution in [0.5, 0.6) is 0 Å². The Labute approximate surface area is 118 Å². The molecule has 2 aliphatic heterocycles. The molecule has 3 heteroatoms. The third kappa shape index (κ3) is 3.93. The van der Waals surface area contributed by atoms with Gasteiger partial charge >= 0.3 is 0 Å². The molecule has 3 aliphatic rings. The molecule has 3 rings (SSSR count). The van der Waals surface area contributed by atoms with Crippen LogP contribution in [0.2, 0.25) is 0 Å². The summed E-state index contributed by atoms with van der Waals surface area (Å²) in [7, 11) is 2.32. The molecule has 1 saturated carbocycles. The van der Waals surface area contributed by atoms with E-state index in [-0.39, 0.29) is 0 Å². The maximum Gasteiger partial charge on any atom is 0.0221 e. The van der Waals surface area contributed by atoms with Crippen LogP contribution in [0.4, 0.5) is 0 Å². The maximum atomic E-state index is 3.72. The normalized spacial score (nSPS) is 33.9. The molecule has 19 heavy (non-hydrogen) atoms. The van der Waals surface area contributed by atoms with Gasteiger partial charge in [-0.25, -0.2) is 0 Å². The molecule has 2 saturated heterocycles. The van der Waals surface area contributed by atoms with Crippen LogP contribution in [0.15, 0.2) is 0 Å². The molecule has 2 unspecified atom stereocenters. The standard InChI is InChI=1S/C16H31N3/c1-18-10-3-2-5-15(18)9-12-19-11-4-6-16(19)13-17-14-7-8-14/h14-17H,2-13H2,1H3. The van der Waals surface area contributed by atoms with Crippen molar-refractivity contribution < 1.29 is 0 Å². The minimum Gasteiger partial charge on any atom is -0.312 e. The zero-order valence-corrected chi connectivity index (χ0v) is 12.6. The highest BCUT2D eigenvalue weighted by atomic mass is 15.2. The molecule has 3 fully saturated rings. The summed E-state index contributed by atoms with van der Waals surface area (Å²) < 4.78 is 0. The largest absolute Gasteiger partial charge is 0.312 e. The Morgan fingerprint density at radius 1 is 0.947 bits per heavy atom. The molecule has 0 spiro atoms. The van der Waals surface area contributed by atoms with Gasteiger partial charge in [0, 0.05) is 24.7 Å². The van der Waals surface area contributed by atoms with Crippen molar-refractivity contribution in [1.82, 2.24) is 15.1 Å². The Bertz CT molecular complexity index is 277. The van der Waals surface area contributed by atoms with Crippen molar-refractivity contribution in [3.05, 3.63) is 0 Å². The average Bonchev–Trinajstić information content (AvgIpc) is 3.14. The van der Waals surface area contributed by atoms with E-state index in [2.05, 4.69) is 22.2 Å². The average molecular weight is 265 g/mol. The van der Waals surface area contributed by atoms with Crippen molar-refractivity contribution in [3.8, 4) is 0 Å². The van der Waals surface area contributed by atoms with Gasteiger partial charge in [-0.2, -0.15) is 0 Å². The summed E-state index contributed by atoms with van der Waals surface area (Å²) in [5, 5.41) is 3.72. The Kier molecular flexibility index (Phi) is 4.78. The Hall–Kier alpha value is -0.120. The van der Waals surface area contributed by atoms with Crippen molar-refractivity contribution in [2.75, 3.05) is 33.2 Å². The van der Waals surface area contributed by atoms with Gasteiger partial charge in [-0.1, -0.05) is 6.42 Å². The highest BCUT2D eigenvalue weighted by molar-refractivity contribution is 4.87. The first-order chi connectivity index (χ1) is 9.33. The zero-order chi connectivity index (χ0) is 13.1. The second-order valence-electron chi connectivity index (χ2n) is 6.93. The fourth-order valence-corrected chi connectivity index (χ4v) is 3.83. The molecule has 1 N–H and O–H groups in total. The monoisotopic (exact) mass is 265 g/mol. The van der Waals surface area contributed by atoms with Crippen molar-refractivity contribution in [2.24, 2.45) is 0 Å². The first-order valence-corrected chi connectivity index (χ1v) is 8.50. The van der Waals surface area contributed by atoms with Gasteiger partial charge in [-0.15, -0.1) is 0 Å². The van der Waals surface area contributed by atoms with Crippen molar-refractivity contribution >= 4 is 0 Å². The molecule has 0 aromatic rings. The van der Waals surface area contributed by atoms with Crippen LogP contribution >= 0.6 is 0 Å². The highest BCUT2D eigenvalue weighted by Crippen LogP contribution is 2.23. The van der Waals surface area contributed by atoms with E-state index in [0.29, 0.717) is 0 Å². The Balaban J connectivity index is 1.39. The van der Waals surface area contributed by atoms with E-state index in [0.717, 1.165) is 18.1 Å². The summed E-state index contributed by atoms with van der Waals surface area (Å²) in [5.74, 6) is 0. The predicted octanol–water partition coefficient (Wildman–Crippen LogP) is 2.08. The van der Waals surface area contributed by atoms with E-state index >= 15 is 0 Å². The first-order valence-electron chi connectivity index (χ1n) is 8.50. The molecule has 0 bridgehead atoms. The van der Waals surface area contributed by atoms with Gasteiger partial charge in [0.25, 0.3) is 0 Å². The lowest BCUT2D eigenvalue weighted by Gasteiger charge is -2.34. The lowest BCUT2D eigenvalue weighted by molar-refractivity contribution is 0.149. The van der Waals surface area contributed by atoms with Gasteiger partial charge in [-0.05, 0) is 71.6 Å². The summed E-state index contributed by atoms with van der Waals surface area (Å²) in [4.78, 5) is 5.36. The fraction of sp³-hybridized carbons (Fsp3) is 1.00. The van der Waals surface area contributed by atoms with Gasteiger partial charge in [0.05, 0.1) is 0 Å². The SMILES string of the molecule is CN1CCCCC1CCN1CCCC1CNC1CC1. The maximum absolute atomic E-state index is 3.72. The zero-order valence-electron chi connectivity index (χ0n) is 12.6. The Morgan fingerprint density at radius 3 is 2.58 bits per heavy atom. The van der Waals surface area contributed by atoms with Crippen LogP contribution in [0.3, 0.4) is 0 Å². The number of hydrogen-bond donors (Lipinski definition) is 1. The summed E-state index contributed by atoms with van der Waals surface area (Å²) in [6.45, 7) is 5.22. The van der Waals surface area contributed by atoms with Crippen LogP contribution in [0.1, 0.15) is 51.4 Å². The van der Waals surface area contributed by atoms with Gasteiger partial charge in [0.15, 0.2) is 0 Å². The minimum atomic E-state index is 0.828. The van der Waals surface area contributed by atoms with E-state index in [1.807, 2.05) is 0 Å². The second-order valence-corrected chi connectivity index (χ2v) is 6.93. The molecule has 0 radical (unpaired) electrons.